The molecule has 0 unspecified atom stereocenters. The van der Waals surface area contributed by atoms with Gasteiger partial charge in [0, 0.05) is 64.6 Å². The summed E-state index contributed by atoms with van der Waals surface area (Å²) in [4.78, 5) is 16.5. The molecule has 9 heteroatoms. The van der Waals surface area contributed by atoms with Gasteiger partial charge in [-0.25, -0.2) is 0 Å². The van der Waals surface area contributed by atoms with Crippen molar-refractivity contribution in [2.75, 3.05) is 58.3 Å². The van der Waals surface area contributed by atoms with Crippen LogP contribution in [0.2, 0.25) is 0 Å². The van der Waals surface area contributed by atoms with Crippen LogP contribution in [0, 0.1) is 0 Å². The number of hydrogen-bond acceptors (Lipinski definition) is 5. The number of benzene rings is 1. The maximum Gasteiger partial charge on any atom is 0.282 e. The van der Waals surface area contributed by atoms with E-state index in [0.717, 1.165) is 5.69 Å². The minimum absolute atomic E-state index is 0.0608. The minimum Gasteiger partial charge on any atom is -0.378 e. The van der Waals surface area contributed by atoms with Gasteiger partial charge in [0.15, 0.2) is 0 Å². The zero-order chi connectivity index (χ0) is 20.5. The Morgan fingerprint density at radius 3 is 2.21 bits per heavy atom. The summed E-state index contributed by atoms with van der Waals surface area (Å²) in [5.41, 5.74) is 1.58. The third-order valence-electron chi connectivity index (χ3n) is 5.17. The highest BCUT2D eigenvalue weighted by molar-refractivity contribution is 7.86. The number of piperazine rings is 1. The predicted molar refractivity (Wildman–Crippen MR) is 109 cm³/mol. The van der Waals surface area contributed by atoms with Crippen LogP contribution in [-0.4, -0.2) is 93.4 Å². The SMILES string of the molecule is C[C@H]1CN(S(=O)(=O)N2CCN(C(=O)c3cccc(N(C)C)c3)CC2)C[C@H](C)O1. The first-order valence-corrected chi connectivity index (χ1v) is 11.1. The summed E-state index contributed by atoms with van der Waals surface area (Å²) < 4.78 is 34.6. The van der Waals surface area contributed by atoms with Crippen molar-refractivity contribution in [2.24, 2.45) is 0 Å². The van der Waals surface area contributed by atoms with Crippen LogP contribution in [0.3, 0.4) is 0 Å². The number of nitrogens with zero attached hydrogens (tertiary/aromatic N) is 4. The Bertz CT molecular complexity index is 796. The summed E-state index contributed by atoms with van der Waals surface area (Å²) in [6, 6.07) is 7.48. The average molecular weight is 411 g/mol. The molecule has 2 aliphatic rings. The van der Waals surface area contributed by atoms with Gasteiger partial charge < -0.3 is 14.5 Å². The molecule has 3 rings (SSSR count). The van der Waals surface area contributed by atoms with Crippen molar-refractivity contribution >= 4 is 21.8 Å². The molecule has 1 aromatic carbocycles. The first-order valence-electron chi connectivity index (χ1n) is 9.66. The molecule has 0 aliphatic carbocycles. The van der Waals surface area contributed by atoms with Crippen LogP contribution in [-0.2, 0) is 14.9 Å². The van der Waals surface area contributed by atoms with E-state index in [-0.39, 0.29) is 18.1 Å². The van der Waals surface area contributed by atoms with E-state index in [4.69, 9.17) is 4.74 Å². The normalized spacial score (nSPS) is 24.9. The van der Waals surface area contributed by atoms with Crippen LogP contribution in [0.25, 0.3) is 0 Å². The molecule has 8 nitrogen and oxygen atoms in total. The smallest absolute Gasteiger partial charge is 0.282 e. The van der Waals surface area contributed by atoms with E-state index in [2.05, 4.69) is 0 Å². The lowest BCUT2D eigenvalue weighted by atomic mass is 10.1. The van der Waals surface area contributed by atoms with Crippen molar-refractivity contribution in [2.45, 2.75) is 26.1 Å². The molecule has 2 aliphatic heterocycles. The number of carbonyl (C=O) groups is 1. The monoisotopic (exact) mass is 410 g/mol. The van der Waals surface area contributed by atoms with Gasteiger partial charge in [0.1, 0.15) is 0 Å². The molecule has 1 aromatic rings. The Hall–Kier alpha value is -1.68. The lowest BCUT2D eigenvalue weighted by molar-refractivity contribution is -0.0457. The van der Waals surface area contributed by atoms with Gasteiger partial charge in [-0.1, -0.05) is 6.07 Å². The molecule has 0 spiro atoms. The van der Waals surface area contributed by atoms with Crippen LogP contribution in [0.1, 0.15) is 24.2 Å². The van der Waals surface area contributed by atoms with E-state index < -0.39 is 10.2 Å². The van der Waals surface area contributed by atoms with Gasteiger partial charge in [-0.05, 0) is 32.0 Å². The summed E-state index contributed by atoms with van der Waals surface area (Å²) >= 11 is 0. The second-order valence-electron chi connectivity index (χ2n) is 7.72. The van der Waals surface area contributed by atoms with E-state index in [1.807, 2.05) is 51.0 Å². The van der Waals surface area contributed by atoms with Crippen molar-refractivity contribution in [3.8, 4) is 0 Å². The second-order valence-corrected chi connectivity index (χ2v) is 9.65. The molecular weight excluding hydrogens is 380 g/mol. The first-order chi connectivity index (χ1) is 13.2. The molecule has 0 bridgehead atoms. The molecule has 0 aromatic heterocycles. The maximum absolute atomic E-state index is 13.0. The van der Waals surface area contributed by atoms with Crippen LogP contribution in [0.5, 0.6) is 0 Å². The number of anilines is 1. The topological polar surface area (TPSA) is 73.4 Å². The number of morpholine rings is 1. The maximum atomic E-state index is 13.0. The van der Waals surface area contributed by atoms with Gasteiger partial charge >= 0.3 is 0 Å². The molecule has 0 saturated carbocycles. The second kappa shape index (κ2) is 8.36. The fourth-order valence-corrected chi connectivity index (χ4v) is 5.45. The minimum atomic E-state index is -3.54. The highest BCUT2D eigenvalue weighted by atomic mass is 32.2. The molecule has 2 fully saturated rings. The van der Waals surface area contributed by atoms with Gasteiger partial charge in [0.2, 0.25) is 0 Å². The van der Waals surface area contributed by atoms with Crippen molar-refractivity contribution in [1.29, 1.82) is 0 Å². The third-order valence-corrected chi connectivity index (χ3v) is 7.14. The third kappa shape index (κ3) is 4.48. The predicted octanol–water partition coefficient (Wildman–Crippen LogP) is 0.864. The van der Waals surface area contributed by atoms with Crippen LogP contribution in [0.4, 0.5) is 5.69 Å². The fraction of sp³-hybridized carbons (Fsp3) is 0.632. The summed E-state index contributed by atoms with van der Waals surface area (Å²) in [5, 5.41) is 0. The highest BCUT2D eigenvalue weighted by Gasteiger charge is 2.37. The Morgan fingerprint density at radius 1 is 1.04 bits per heavy atom. The number of rotatable bonds is 4. The number of carbonyl (C=O) groups excluding carboxylic acids is 1. The first kappa shape index (κ1) is 21.0. The van der Waals surface area contributed by atoms with E-state index in [1.54, 1.807) is 11.0 Å². The molecule has 28 heavy (non-hydrogen) atoms. The van der Waals surface area contributed by atoms with E-state index in [1.165, 1.54) is 8.61 Å². The molecule has 2 saturated heterocycles. The van der Waals surface area contributed by atoms with Gasteiger partial charge in [-0.3, -0.25) is 4.79 Å². The van der Waals surface area contributed by atoms with Gasteiger partial charge in [0.05, 0.1) is 12.2 Å². The highest BCUT2D eigenvalue weighted by Crippen LogP contribution is 2.20. The lowest BCUT2D eigenvalue weighted by Crippen LogP contribution is -2.57. The molecule has 156 valence electrons. The van der Waals surface area contributed by atoms with E-state index in [0.29, 0.717) is 44.8 Å². The van der Waals surface area contributed by atoms with E-state index >= 15 is 0 Å². The molecule has 0 radical (unpaired) electrons. The molecule has 2 atom stereocenters. The lowest BCUT2D eigenvalue weighted by Gasteiger charge is -2.40. The quantitative estimate of drug-likeness (QED) is 0.736. The molecule has 1 amide bonds. The van der Waals surface area contributed by atoms with Gasteiger partial charge in [-0.2, -0.15) is 17.0 Å². The zero-order valence-corrected chi connectivity index (χ0v) is 17.9. The summed E-state index contributed by atoms with van der Waals surface area (Å²) in [6.45, 7) is 5.89. The Balaban J connectivity index is 1.64. The summed E-state index contributed by atoms with van der Waals surface area (Å²) in [5.74, 6) is -0.0608. The summed E-state index contributed by atoms with van der Waals surface area (Å²) in [7, 11) is 0.322. The fourth-order valence-electron chi connectivity index (χ4n) is 3.70. The van der Waals surface area contributed by atoms with Crippen molar-refractivity contribution in [1.82, 2.24) is 13.5 Å². The number of ether oxygens (including phenoxy) is 1. The van der Waals surface area contributed by atoms with Crippen molar-refractivity contribution < 1.29 is 17.9 Å². The zero-order valence-electron chi connectivity index (χ0n) is 17.0. The van der Waals surface area contributed by atoms with Crippen LogP contribution in [0.15, 0.2) is 24.3 Å². The number of amides is 1. The van der Waals surface area contributed by atoms with Crippen LogP contribution < -0.4 is 4.90 Å². The molecule has 2 heterocycles. The molecular formula is C19H30N4O4S. The molecule has 0 N–H and O–H groups in total. The van der Waals surface area contributed by atoms with Crippen molar-refractivity contribution in [3.63, 3.8) is 0 Å². The average Bonchev–Trinajstić information content (AvgIpc) is 2.67. The summed E-state index contributed by atoms with van der Waals surface area (Å²) in [6.07, 6.45) is -0.240. The Kier molecular flexibility index (Phi) is 6.28. The van der Waals surface area contributed by atoms with Crippen LogP contribution >= 0.6 is 0 Å². The standard InChI is InChI=1S/C19H30N4O4S/c1-15-13-23(14-16(2)27-15)28(25,26)22-10-8-21(9-11-22)19(24)17-6-5-7-18(12-17)20(3)4/h5-7,12,15-16H,8-11,13-14H2,1-4H3/t15-,16-/m0/s1. The van der Waals surface area contributed by atoms with Crippen molar-refractivity contribution in [3.05, 3.63) is 29.8 Å². The Morgan fingerprint density at radius 2 is 1.64 bits per heavy atom. The Labute approximate surface area is 167 Å². The largest absolute Gasteiger partial charge is 0.378 e. The van der Waals surface area contributed by atoms with E-state index in [9.17, 15) is 13.2 Å². The number of hydrogen-bond donors (Lipinski definition) is 0. The van der Waals surface area contributed by atoms with Gasteiger partial charge in [0.25, 0.3) is 16.1 Å². The van der Waals surface area contributed by atoms with Gasteiger partial charge in [-0.15, -0.1) is 0 Å².